The number of hydrogen-bond acceptors (Lipinski definition) is 3. The summed E-state index contributed by atoms with van der Waals surface area (Å²) in [6, 6.07) is 0. The van der Waals surface area contributed by atoms with Crippen LogP contribution in [0, 0.1) is 28.6 Å². The molecule has 138 valence electrons. The molecule has 0 amide bonds. The molecule has 0 bridgehead atoms. The Kier molecular flexibility index (Phi) is 3.90. The van der Waals surface area contributed by atoms with E-state index in [4.69, 9.17) is 4.74 Å². The van der Waals surface area contributed by atoms with Gasteiger partial charge in [0, 0.05) is 18.8 Å². The first-order chi connectivity index (χ1) is 11.8. The molecule has 0 heterocycles. The van der Waals surface area contributed by atoms with Crippen molar-refractivity contribution in [2.75, 3.05) is 0 Å². The van der Waals surface area contributed by atoms with Crippen molar-refractivity contribution in [1.82, 2.24) is 0 Å². The molecule has 4 rings (SSSR count). The third-order valence-corrected chi connectivity index (χ3v) is 8.09. The maximum Gasteiger partial charge on any atom is 0.302 e. The lowest BCUT2D eigenvalue weighted by Crippen LogP contribution is -2.50. The maximum absolute atomic E-state index is 14.2. The molecule has 0 N–H and O–H groups in total. The Labute approximate surface area is 149 Å². The fourth-order valence-corrected chi connectivity index (χ4v) is 6.71. The first-order valence-corrected chi connectivity index (χ1v) is 9.81. The minimum absolute atomic E-state index is 0.00510. The number of esters is 1. The van der Waals surface area contributed by atoms with Crippen LogP contribution in [0.5, 0.6) is 0 Å². The molecule has 0 aliphatic heterocycles. The first-order valence-electron chi connectivity index (χ1n) is 9.81. The molecule has 0 radical (unpaired) electrons. The van der Waals surface area contributed by atoms with Crippen LogP contribution in [0.1, 0.15) is 65.7 Å². The van der Waals surface area contributed by atoms with Gasteiger partial charge in [-0.05, 0) is 61.7 Å². The second kappa shape index (κ2) is 5.65. The molecule has 4 aliphatic carbocycles. The summed E-state index contributed by atoms with van der Waals surface area (Å²) in [7, 11) is 0. The monoisotopic (exact) mass is 348 g/mol. The molecule has 3 fully saturated rings. The standard InChI is InChI=1S/C21H29FO3/c1-12(23)25-14-6-8-20(2)13(10-14)4-5-15-16(20)7-9-21(3)17(15)11-18(22)19(21)24/h4,14-18H,5-11H2,1-3H3/t14?,15-,16-,17+,18?,20+,21+/m1/s1. The van der Waals surface area contributed by atoms with E-state index in [1.807, 2.05) is 6.92 Å². The predicted molar refractivity (Wildman–Crippen MR) is 92.5 cm³/mol. The maximum atomic E-state index is 14.2. The van der Waals surface area contributed by atoms with Gasteiger partial charge in [-0.1, -0.05) is 25.5 Å². The van der Waals surface area contributed by atoms with Gasteiger partial charge in [0.15, 0.2) is 12.0 Å². The van der Waals surface area contributed by atoms with Gasteiger partial charge in [0.1, 0.15) is 6.10 Å². The average Bonchev–Trinajstić information content (AvgIpc) is 2.78. The highest BCUT2D eigenvalue weighted by Gasteiger charge is 2.61. The molecule has 3 nitrogen and oxygen atoms in total. The van der Waals surface area contributed by atoms with Gasteiger partial charge in [0.25, 0.3) is 0 Å². The van der Waals surface area contributed by atoms with Gasteiger partial charge in [-0.2, -0.15) is 0 Å². The summed E-state index contributed by atoms with van der Waals surface area (Å²) in [5, 5.41) is 0. The van der Waals surface area contributed by atoms with E-state index in [2.05, 4.69) is 13.0 Å². The number of rotatable bonds is 1. The molecule has 3 saturated carbocycles. The van der Waals surface area contributed by atoms with Crippen LogP contribution in [0.4, 0.5) is 4.39 Å². The van der Waals surface area contributed by atoms with Crippen LogP contribution in [0.3, 0.4) is 0 Å². The molecule has 2 unspecified atom stereocenters. The van der Waals surface area contributed by atoms with Crippen molar-refractivity contribution in [3.63, 3.8) is 0 Å². The van der Waals surface area contributed by atoms with E-state index in [1.54, 1.807) is 0 Å². The molecule has 0 aromatic carbocycles. The molecule has 4 aliphatic rings. The predicted octanol–water partition coefficient (Wildman–Crippen LogP) is 4.40. The molecular weight excluding hydrogens is 319 g/mol. The van der Waals surface area contributed by atoms with Crippen molar-refractivity contribution in [2.45, 2.75) is 78.0 Å². The van der Waals surface area contributed by atoms with E-state index in [9.17, 15) is 14.0 Å². The van der Waals surface area contributed by atoms with E-state index < -0.39 is 11.6 Å². The molecule has 0 aromatic heterocycles. The lowest BCUT2D eigenvalue weighted by atomic mass is 9.48. The second-order valence-electron chi connectivity index (χ2n) is 9.26. The van der Waals surface area contributed by atoms with E-state index in [-0.39, 0.29) is 29.2 Å². The van der Waals surface area contributed by atoms with E-state index in [0.717, 1.165) is 38.5 Å². The Morgan fingerprint density at radius 3 is 2.64 bits per heavy atom. The summed E-state index contributed by atoms with van der Waals surface area (Å²) in [5.74, 6) is 0.795. The number of alkyl halides is 1. The Morgan fingerprint density at radius 1 is 1.20 bits per heavy atom. The molecule has 4 heteroatoms. The van der Waals surface area contributed by atoms with Gasteiger partial charge < -0.3 is 4.74 Å². The molecule has 0 aromatic rings. The van der Waals surface area contributed by atoms with Crippen molar-refractivity contribution >= 4 is 11.8 Å². The summed E-state index contributed by atoms with van der Waals surface area (Å²) in [4.78, 5) is 23.7. The van der Waals surface area contributed by atoms with Crippen LogP contribution in [-0.4, -0.2) is 24.0 Å². The van der Waals surface area contributed by atoms with Crippen molar-refractivity contribution in [2.24, 2.45) is 28.6 Å². The van der Waals surface area contributed by atoms with Crippen molar-refractivity contribution in [3.8, 4) is 0 Å². The Bertz CT molecular complexity index is 641. The molecule has 0 spiro atoms. The zero-order valence-corrected chi connectivity index (χ0v) is 15.5. The summed E-state index contributed by atoms with van der Waals surface area (Å²) in [6.45, 7) is 5.84. The third-order valence-electron chi connectivity index (χ3n) is 8.09. The van der Waals surface area contributed by atoms with Gasteiger partial charge in [-0.25, -0.2) is 4.39 Å². The van der Waals surface area contributed by atoms with Gasteiger partial charge in [0.2, 0.25) is 0 Å². The van der Waals surface area contributed by atoms with E-state index >= 15 is 0 Å². The van der Waals surface area contributed by atoms with Gasteiger partial charge >= 0.3 is 5.97 Å². The van der Waals surface area contributed by atoms with Gasteiger partial charge in [-0.15, -0.1) is 0 Å². The van der Waals surface area contributed by atoms with E-state index in [0.29, 0.717) is 18.3 Å². The summed E-state index contributed by atoms with van der Waals surface area (Å²) < 4.78 is 19.7. The minimum atomic E-state index is -1.26. The summed E-state index contributed by atoms with van der Waals surface area (Å²) in [6.07, 6.45) is 7.06. The number of allylic oxidation sites excluding steroid dienone is 1. The lowest BCUT2D eigenvalue weighted by molar-refractivity contribution is -0.148. The van der Waals surface area contributed by atoms with Crippen molar-refractivity contribution in [1.29, 1.82) is 0 Å². The number of fused-ring (bicyclic) bond motifs is 5. The lowest BCUT2D eigenvalue weighted by Gasteiger charge is -2.56. The van der Waals surface area contributed by atoms with Crippen LogP contribution in [0.2, 0.25) is 0 Å². The van der Waals surface area contributed by atoms with Gasteiger partial charge in [0.05, 0.1) is 0 Å². The average molecular weight is 348 g/mol. The van der Waals surface area contributed by atoms with Crippen molar-refractivity contribution in [3.05, 3.63) is 11.6 Å². The zero-order chi connectivity index (χ0) is 18.0. The van der Waals surface area contributed by atoms with Crippen molar-refractivity contribution < 1.29 is 18.7 Å². The fraction of sp³-hybridized carbons (Fsp3) is 0.810. The van der Waals surface area contributed by atoms with Gasteiger partial charge in [-0.3, -0.25) is 9.59 Å². The molecule has 0 saturated heterocycles. The summed E-state index contributed by atoms with van der Waals surface area (Å²) in [5.41, 5.74) is 1.10. The van der Waals surface area contributed by atoms with Crippen LogP contribution in [0.15, 0.2) is 11.6 Å². The Morgan fingerprint density at radius 2 is 1.92 bits per heavy atom. The number of ether oxygens (including phenoxy) is 1. The number of ketones is 1. The van der Waals surface area contributed by atoms with Crippen LogP contribution in [-0.2, 0) is 14.3 Å². The number of carbonyl (C=O) groups is 2. The number of Topliss-reactive ketones (excluding diaryl/α,β-unsaturated/α-hetero) is 1. The Balaban J connectivity index is 1.61. The van der Waals surface area contributed by atoms with Crippen LogP contribution >= 0.6 is 0 Å². The SMILES string of the molecule is CC(=O)OC1CC[C@@]2(C)C(=CC[C@@H]3[C@H]2CC[C@]2(C)C(=O)C(F)C[C@@H]32)C1. The minimum Gasteiger partial charge on any atom is -0.462 e. The second-order valence-corrected chi connectivity index (χ2v) is 9.26. The Hall–Kier alpha value is -1.19. The first kappa shape index (κ1) is 17.2. The highest BCUT2D eigenvalue weighted by Crippen LogP contribution is 2.64. The zero-order valence-electron chi connectivity index (χ0n) is 15.5. The largest absolute Gasteiger partial charge is 0.462 e. The quantitative estimate of drug-likeness (QED) is 0.521. The third kappa shape index (κ3) is 2.43. The number of carbonyl (C=O) groups excluding carboxylic acids is 2. The van der Waals surface area contributed by atoms with Crippen LogP contribution < -0.4 is 0 Å². The molecular formula is C21H29FO3. The number of hydrogen-bond donors (Lipinski definition) is 0. The molecule has 25 heavy (non-hydrogen) atoms. The fourth-order valence-electron chi connectivity index (χ4n) is 6.71. The smallest absolute Gasteiger partial charge is 0.302 e. The summed E-state index contributed by atoms with van der Waals surface area (Å²) >= 11 is 0. The van der Waals surface area contributed by atoms with E-state index in [1.165, 1.54) is 12.5 Å². The highest BCUT2D eigenvalue weighted by molar-refractivity contribution is 5.91. The topological polar surface area (TPSA) is 43.4 Å². The number of halogens is 1. The normalized spacial score (nSPS) is 48.9. The van der Waals surface area contributed by atoms with Crippen LogP contribution in [0.25, 0.3) is 0 Å². The highest BCUT2D eigenvalue weighted by atomic mass is 19.1. The molecule has 7 atom stereocenters.